The maximum absolute atomic E-state index is 12.6. The third-order valence-electron chi connectivity index (χ3n) is 5.07. The van der Waals surface area contributed by atoms with Crippen molar-refractivity contribution in [2.24, 2.45) is 5.92 Å². The number of benzene rings is 1. The summed E-state index contributed by atoms with van der Waals surface area (Å²) in [6, 6.07) is 9.93. The Labute approximate surface area is 138 Å². The minimum absolute atomic E-state index is 0.0568. The van der Waals surface area contributed by atoms with E-state index in [1.807, 2.05) is 44.3 Å². The van der Waals surface area contributed by atoms with Crippen LogP contribution in [-0.2, 0) is 4.79 Å². The van der Waals surface area contributed by atoms with Gasteiger partial charge in [-0.05, 0) is 50.9 Å². The molecule has 0 saturated carbocycles. The number of likely N-dealkylation sites (N-methyl/N-ethyl adjacent to an activating group) is 1. The van der Waals surface area contributed by atoms with E-state index in [9.17, 15) is 4.79 Å². The number of furan rings is 1. The van der Waals surface area contributed by atoms with Crippen molar-refractivity contribution in [1.82, 2.24) is 9.80 Å². The first-order valence-electron chi connectivity index (χ1n) is 8.51. The molecule has 1 aromatic heterocycles. The number of rotatable bonds is 4. The van der Waals surface area contributed by atoms with Crippen LogP contribution in [0.2, 0.25) is 0 Å². The van der Waals surface area contributed by atoms with E-state index < -0.39 is 0 Å². The average Bonchev–Trinajstić information content (AvgIpc) is 2.99. The lowest BCUT2D eigenvalue weighted by atomic mass is 9.99. The third kappa shape index (κ3) is 3.58. The van der Waals surface area contributed by atoms with Crippen molar-refractivity contribution in [3.63, 3.8) is 0 Å². The monoisotopic (exact) mass is 314 g/mol. The van der Waals surface area contributed by atoms with Gasteiger partial charge in [-0.3, -0.25) is 9.69 Å². The van der Waals surface area contributed by atoms with E-state index in [0.29, 0.717) is 6.54 Å². The number of nitrogens with zero attached hydrogens (tertiary/aromatic N) is 2. The number of fused-ring (bicyclic) bond motifs is 1. The topological polar surface area (TPSA) is 36.7 Å². The number of likely N-dealkylation sites (tertiary alicyclic amines) is 1. The Bertz CT molecular complexity index is 638. The molecule has 0 N–H and O–H groups in total. The number of hydrogen-bond donors (Lipinski definition) is 0. The van der Waals surface area contributed by atoms with Gasteiger partial charge in [0.25, 0.3) is 0 Å². The highest BCUT2D eigenvalue weighted by molar-refractivity contribution is 5.80. The van der Waals surface area contributed by atoms with Crippen molar-refractivity contribution in [3.8, 4) is 0 Å². The molecule has 23 heavy (non-hydrogen) atoms. The van der Waals surface area contributed by atoms with Gasteiger partial charge < -0.3 is 9.32 Å². The maximum Gasteiger partial charge on any atom is 0.237 e. The Balaban J connectivity index is 1.64. The Hall–Kier alpha value is -1.81. The molecule has 1 aromatic carbocycles. The maximum atomic E-state index is 12.6. The summed E-state index contributed by atoms with van der Waals surface area (Å²) >= 11 is 0. The van der Waals surface area contributed by atoms with Gasteiger partial charge in [-0.15, -0.1) is 0 Å². The first-order valence-corrected chi connectivity index (χ1v) is 8.51. The van der Waals surface area contributed by atoms with Gasteiger partial charge in [0.15, 0.2) is 0 Å². The number of carbonyl (C=O) groups is 1. The average molecular weight is 314 g/mol. The third-order valence-corrected chi connectivity index (χ3v) is 5.07. The second-order valence-electron chi connectivity index (χ2n) is 6.83. The quantitative estimate of drug-likeness (QED) is 0.863. The van der Waals surface area contributed by atoms with Gasteiger partial charge in [-0.25, -0.2) is 0 Å². The van der Waals surface area contributed by atoms with Crippen LogP contribution in [0.5, 0.6) is 0 Å². The van der Waals surface area contributed by atoms with Crippen LogP contribution in [0.15, 0.2) is 34.7 Å². The summed E-state index contributed by atoms with van der Waals surface area (Å²) in [6.45, 7) is 6.87. The Kier molecular flexibility index (Phi) is 4.71. The second kappa shape index (κ2) is 6.75. The van der Waals surface area contributed by atoms with Crippen LogP contribution in [0.25, 0.3) is 11.0 Å². The van der Waals surface area contributed by atoms with Crippen molar-refractivity contribution in [3.05, 3.63) is 36.1 Å². The molecule has 1 aliphatic rings. The van der Waals surface area contributed by atoms with Crippen molar-refractivity contribution < 1.29 is 9.21 Å². The largest absolute Gasteiger partial charge is 0.459 e. The molecule has 3 rings (SSSR count). The smallest absolute Gasteiger partial charge is 0.237 e. The van der Waals surface area contributed by atoms with Crippen LogP contribution in [-0.4, -0.2) is 42.4 Å². The SMILES string of the molecule is CC1CCN(CC(=O)N(C)C(C)c2cc3ccccc3o2)CC1. The summed E-state index contributed by atoms with van der Waals surface area (Å²) in [5.74, 6) is 1.79. The van der Waals surface area contributed by atoms with Crippen LogP contribution < -0.4 is 0 Å². The molecular weight excluding hydrogens is 288 g/mol. The Morgan fingerprint density at radius 2 is 2.04 bits per heavy atom. The Morgan fingerprint density at radius 3 is 2.74 bits per heavy atom. The van der Waals surface area contributed by atoms with Gasteiger partial charge in [0.05, 0.1) is 12.6 Å². The Morgan fingerprint density at radius 1 is 1.35 bits per heavy atom. The zero-order chi connectivity index (χ0) is 16.4. The van der Waals surface area contributed by atoms with E-state index in [1.54, 1.807) is 4.90 Å². The van der Waals surface area contributed by atoms with Gasteiger partial charge in [0.2, 0.25) is 5.91 Å². The summed E-state index contributed by atoms with van der Waals surface area (Å²) in [7, 11) is 1.87. The van der Waals surface area contributed by atoms with Gasteiger partial charge in [-0.2, -0.15) is 0 Å². The molecule has 0 spiro atoms. The van der Waals surface area contributed by atoms with Crippen molar-refractivity contribution in [2.75, 3.05) is 26.7 Å². The van der Waals surface area contributed by atoms with E-state index in [1.165, 1.54) is 12.8 Å². The first kappa shape index (κ1) is 16.1. The molecule has 0 radical (unpaired) electrons. The number of hydrogen-bond acceptors (Lipinski definition) is 3. The highest BCUT2D eigenvalue weighted by atomic mass is 16.3. The number of amides is 1. The molecule has 1 amide bonds. The lowest BCUT2D eigenvalue weighted by molar-refractivity contribution is -0.133. The summed E-state index contributed by atoms with van der Waals surface area (Å²) in [5, 5.41) is 1.08. The van der Waals surface area contributed by atoms with Gasteiger partial charge in [-0.1, -0.05) is 25.1 Å². The van der Waals surface area contributed by atoms with Crippen LogP contribution in [0.4, 0.5) is 0 Å². The molecule has 2 aromatic rings. The fourth-order valence-corrected chi connectivity index (χ4v) is 3.14. The van der Waals surface area contributed by atoms with Crippen molar-refractivity contribution >= 4 is 16.9 Å². The molecule has 1 aliphatic heterocycles. The van der Waals surface area contributed by atoms with Crippen LogP contribution in [0, 0.1) is 5.92 Å². The van der Waals surface area contributed by atoms with Crippen LogP contribution in [0.1, 0.15) is 38.5 Å². The lowest BCUT2D eigenvalue weighted by Gasteiger charge is -2.32. The number of para-hydroxylation sites is 1. The van der Waals surface area contributed by atoms with E-state index in [4.69, 9.17) is 4.42 Å². The predicted octanol–water partition coefficient (Wildman–Crippen LogP) is 3.68. The first-order chi connectivity index (χ1) is 11.0. The minimum Gasteiger partial charge on any atom is -0.459 e. The van der Waals surface area contributed by atoms with Gasteiger partial charge >= 0.3 is 0 Å². The van der Waals surface area contributed by atoms with Crippen LogP contribution in [0.3, 0.4) is 0 Å². The summed E-state index contributed by atoms with van der Waals surface area (Å²) in [5.41, 5.74) is 0.875. The fraction of sp³-hybridized carbons (Fsp3) is 0.526. The zero-order valence-corrected chi connectivity index (χ0v) is 14.3. The molecule has 0 bridgehead atoms. The summed E-state index contributed by atoms with van der Waals surface area (Å²) in [6.07, 6.45) is 2.38. The zero-order valence-electron chi connectivity index (χ0n) is 14.3. The molecule has 1 unspecified atom stereocenters. The highest BCUT2D eigenvalue weighted by Crippen LogP contribution is 2.27. The van der Waals surface area contributed by atoms with Crippen LogP contribution >= 0.6 is 0 Å². The van der Waals surface area contributed by atoms with E-state index in [2.05, 4.69) is 11.8 Å². The van der Waals surface area contributed by atoms with E-state index >= 15 is 0 Å². The number of piperidine rings is 1. The predicted molar refractivity (Wildman–Crippen MR) is 92.2 cm³/mol. The molecule has 1 saturated heterocycles. The highest BCUT2D eigenvalue weighted by Gasteiger charge is 2.24. The number of carbonyl (C=O) groups excluding carboxylic acids is 1. The summed E-state index contributed by atoms with van der Waals surface area (Å²) < 4.78 is 5.90. The van der Waals surface area contributed by atoms with E-state index in [0.717, 1.165) is 35.7 Å². The molecular formula is C19H26N2O2. The van der Waals surface area contributed by atoms with Crippen molar-refractivity contribution in [1.29, 1.82) is 0 Å². The molecule has 1 atom stereocenters. The minimum atomic E-state index is -0.0568. The standard InChI is InChI=1S/C19H26N2O2/c1-14-8-10-21(11-9-14)13-19(22)20(3)15(2)18-12-16-6-4-5-7-17(16)23-18/h4-7,12,14-15H,8-11,13H2,1-3H3. The normalized spacial score (nSPS) is 18.2. The molecule has 1 fully saturated rings. The molecule has 124 valence electrons. The molecule has 4 nitrogen and oxygen atoms in total. The molecule has 4 heteroatoms. The van der Waals surface area contributed by atoms with Gasteiger partial charge in [0, 0.05) is 12.4 Å². The van der Waals surface area contributed by atoms with E-state index in [-0.39, 0.29) is 11.9 Å². The molecule has 2 heterocycles. The summed E-state index contributed by atoms with van der Waals surface area (Å²) in [4.78, 5) is 16.6. The molecule has 0 aliphatic carbocycles. The van der Waals surface area contributed by atoms with Crippen molar-refractivity contribution in [2.45, 2.75) is 32.7 Å². The van der Waals surface area contributed by atoms with Gasteiger partial charge in [0.1, 0.15) is 11.3 Å². The lowest BCUT2D eigenvalue weighted by Crippen LogP contribution is -2.42. The fourth-order valence-electron chi connectivity index (χ4n) is 3.14. The second-order valence-corrected chi connectivity index (χ2v) is 6.83.